The van der Waals surface area contributed by atoms with Crippen LogP contribution in [0, 0.1) is 20.8 Å². The molecule has 22 heavy (non-hydrogen) atoms. The predicted molar refractivity (Wildman–Crippen MR) is 91.1 cm³/mol. The van der Waals surface area contributed by atoms with Crippen molar-refractivity contribution in [2.45, 2.75) is 34.6 Å². The van der Waals surface area contributed by atoms with Gasteiger partial charge >= 0.3 is 0 Å². The first-order chi connectivity index (χ1) is 10.5. The molecule has 3 heteroatoms. The summed E-state index contributed by atoms with van der Waals surface area (Å²) in [5, 5.41) is 0. The lowest BCUT2D eigenvalue weighted by molar-refractivity contribution is 0.0773. The van der Waals surface area contributed by atoms with Crippen LogP contribution in [0.3, 0.4) is 0 Å². The lowest BCUT2D eigenvalue weighted by atomic mass is 9.99. The first-order valence-corrected chi connectivity index (χ1v) is 7.83. The van der Waals surface area contributed by atoms with Gasteiger partial charge < -0.3 is 4.90 Å². The molecule has 0 aliphatic carbocycles. The van der Waals surface area contributed by atoms with Crippen LogP contribution < -0.4 is 0 Å². The average molecular weight is 296 g/mol. The van der Waals surface area contributed by atoms with Crippen LogP contribution in [0.4, 0.5) is 0 Å². The lowest BCUT2D eigenvalue weighted by Crippen LogP contribution is -2.30. The number of carbonyl (C=O) groups is 1. The summed E-state index contributed by atoms with van der Waals surface area (Å²) in [6.45, 7) is 11.6. The Bertz CT molecular complexity index is 665. The van der Waals surface area contributed by atoms with E-state index in [1.165, 1.54) is 11.1 Å². The van der Waals surface area contributed by atoms with Crippen LogP contribution in [0.15, 0.2) is 30.3 Å². The third kappa shape index (κ3) is 3.03. The number of amides is 1. The molecular formula is C19H24N2O. The van der Waals surface area contributed by atoms with Crippen molar-refractivity contribution < 1.29 is 4.79 Å². The molecule has 1 aromatic heterocycles. The number of hydrogen-bond donors (Lipinski definition) is 0. The highest BCUT2D eigenvalue weighted by molar-refractivity contribution is 6.00. The molecule has 116 valence electrons. The molecule has 0 saturated carbocycles. The van der Waals surface area contributed by atoms with Crippen molar-refractivity contribution in [3.63, 3.8) is 0 Å². The number of aromatic nitrogens is 1. The zero-order valence-corrected chi connectivity index (χ0v) is 14.1. The second-order valence-corrected chi connectivity index (χ2v) is 5.56. The largest absolute Gasteiger partial charge is 0.339 e. The summed E-state index contributed by atoms with van der Waals surface area (Å²) in [6.07, 6.45) is 0. The number of hydrogen-bond acceptors (Lipinski definition) is 2. The van der Waals surface area contributed by atoms with Gasteiger partial charge in [0.15, 0.2) is 0 Å². The minimum Gasteiger partial charge on any atom is -0.339 e. The third-order valence-corrected chi connectivity index (χ3v) is 4.26. The van der Waals surface area contributed by atoms with E-state index >= 15 is 0 Å². The number of benzene rings is 1. The first kappa shape index (κ1) is 16.2. The molecule has 0 radical (unpaired) electrons. The zero-order valence-electron chi connectivity index (χ0n) is 14.1. The summed E-state index contributed by atoms with van der Waals surface area (Å²) in [7, 11) is 0. The van der Waals surface area contributed by atoms with Crippen LogP contribution in [-0.2, 0) is 0 Å². The highest BCUT2D eigenvalue weighted by Crippen LogP contribution is 2.26. The molecule has 2 aromatic rings. The Morgan fingerprint density at radius 3 is 2.32 bits per heavy atom. The fourth-order valence-electron chi connectivity index (χ4n) is 2.61. The van der Waals surface area contributed by atoms with E-state index < -0.39 is 0 Å². The second kappa shape index (κ2) is 6.73. The fourth-order valence-corrected chi connectivity index (χ4v) is 2.61. The van der Waals surface area contributed by atoms with Crippen molar-refractivity contribution in [1.82, 2.24) is 9.88 Å². The number of rotatable bonds is 4. The quantitative estimate of drug-likeness (QED) is 0.849. The maximum Gasteiger partial charge on any atom is 0.254 e. The topological polar surface area (TPSA) is 33.2 Å². The molecule has 1 amide bonds. The lowest BCUT2D eigenvalue weighted by Gasteiger charge is -2.20. The van der Waals surface area contributed by atoms with Gasteiger partial charge in [0.2, 0.25) is 0 Å². The number of nitrogens with zero attached hydrogens (tertiary/aromatic N) is 2. The maximum atomic E-state index is 12.7. The van der Waals surface area contributed by atoms with Crippen molar-refractivity contribution in [1.29, 1.82) is 0 Å². The maximum absolute atomic E-state index is 12.7. The van der Waals surface area contributed by atoms with Crippen LogP contribution in [0.1, 0.15) is 41.0 Å². The predicted octanol–water partition coefficient (Wildman–Crippen LogP) is 4.16. The van der Waals surface area contributed by atoms with Gasteiger partial charge in [-0.25, -0.2) is 0 Å². The number of pyridine rings is 1. The average Bonchev–Trinajstić information content (AvgIpc) is 2.53. The Balaban J connectivity index is 2.56. The number of carbonyl (C=O) groups excluding carboxylic acids is 1. The van der Waals surface area contributed by atoms with E-state index in [1.54, 1.807) is 0 Å². The Kier molecular flexibility index (Phi) is 4.96. The van der Waals surface area contributed by atoms with Crippen LogP contribution in [0.2, 0.25) is 0 Å². The van der Waals surface area contributed by atoms with Crippen LogP contribution in [-0.4, -0.2) is 28.9 Å². The monoisotopic (exact) mass is 296 g/mol. The molecule has 0 saturated heterocycles. The molecule has 0 aliphatic heterocycles. The number of aryl methyl sites for hydroxylation is 2. The van der Waals surface area contributed by atoms with Gasteiger partial charge in [-0.3, -0.25) is 9.78 Å². The van der Waals surface area contributed by atoms with Crippen molar-refractivity contribution in [3.05, 3.63) is 52.7 Å². The van der Waals surface area contributed by atoms with E-state index in [9.17, 15) is 4.79 Å². The second-order valence-electron chi connectivity index (χ2n) is 5.56. The van der Waals surface area contributed by atoms with Gasteiger partial charge in [0.05, 0.1) is 5.69 Å². The molecule has 1 aromatic carbocycles. The SMILES string of the molecule is CCN(CC)C(=O)c1ccccc1-c1cc(C)c(C)c(C)n1. The standard InChI is InChI=1S/C19H24N2O/c1-6-21(7-2)19(22)17-11-9-8-10-16(17)18-12-13(3)14(4)15(5)20-18/h8-12H,6-7H2,1-5H3. The molecule has 2 rings (SSSR count). The third-order valence-electron chi connectivity index (χ3n) is 4.26. The Morgan fingerprint density at radius 2 is 1.73 bits per heavy atom. The van der Waals surface area contributed by atoms with Gasteiger partial charge in [0, 0.05) is 29.9 Å². The summed E-state index contributed by atoms with van der Waals surface area (Å²) in [5.74, 6) is 0.0679. The zero-order chi connectivity index (χ0) is 16.3. The van der Waals surface area contributed by atoms with E-state index in [2.05, 4.69) is 24.9 Å². The van der Waals surface area contributed by atoms with Gasteiger partial charge in [0.1, 0.15) is 0 Å². The van der Waals surface area contributed by atoms with Crippen molar-refractivity contribution in [2.24, 2.45) is 0 Å². The Morgan fingerprint density at radius 1 is 1.09 bits per heavy atom. The van der Waals surface area contributed by atoms with Gasteiger partial charge in [-0.05, 0) is 57.9 Å². The Hall–Kier alpha value is -2.16. The summed E-state index contributed by atoms with van der Waals surface area (Å²) in [4.78, 5) is 19.3. The van der Waals surface area contributed by atoms with E-state index in [-0.39, 0.29) is 5.91 Å². The van der Waals surface area contributed by atoms with Crippen LogP contribution >= 0.6 is 0 Å². The Labute approximate surface area is 133 Å². The molecule has 0 spiro atoms. The van der Waals surface area contributed by atoms with Crippen molar-refractivity contribution in [2.75, 3.05) is 13.1 Å². The minimum absolute atomic E-state index is 0.0679. The van der Waals surface area contributed by atoms with Gasteiger partial charge in [-0.1, -0.05) is 18.2 Å². The molecular weight excluding hydrogens is 272 g/mol. The minimum atomic E-state index is 0.0679. The smallest absolute Gasteiger partial charge is 0.254 e. The first-order valence-electron chi connectivity index (χ1n) is 7.83. The summed E-state index contributed by atoms with van der Waals surface area (Å²) in [5.41, 5.74) is 5.92. The normalized spacial score (nSPS) is 10.6. The molecule has 0 aliphatic rings. The van der Waals surface area contributed by atoms with Crippen LogP contribution in [0.25, 0.3) is 11.3 Å². The highest BCUT2D eigenvalue weighted by Gasteiger charge is 2.18. The molecule has 0 bridgehead atoms. The van der Waals surface area contributed by atoms with Gasteiger partial charge in [-0.2, -0.15) is 0 Å². The molecule has 0 fully saturated rings. The molecule has 0 atom stereocenters. The molecule has 1 heterocycles. The summed E-state index contributed by atoms with van der Waals surface area (Å²) >= 11 is 0. The van der Waals surface area contributed by atoms with E-state index in [0.717, 1.165) is 22.5 Å². The molecule has 3 nitrogen and oxygen atoms in total. The fraction of sp³-hybridized carbons (Fsp3) is 0.368. The van der Waals surface area contributed by atoms with E-state index in [0.29, 0.717) is 13.1 Å². The van der Waals surface area contributed by atoms with Crippen molar-refractivity contribution in [3.8, 4) is 11.3 Å². The summed E-state index contributed by atoms with van der Waals surface area (Å²) in [6, 6.07) is 9.81. The van der Waals surface area contributed by atoms with E-state index in [1.807, 2.05) is 49.9 Å². The van der Waals surface area contributed by atoms with Gasteiger partial charge in [0.25, 0.3) is 5.91 Å². The summed E-state index contributed by atoms with van der Waals surface area (Å²) < 4.78 is 0. The van der Waals surface area contributed by atoms with Crippen LogP contribution in [0.5, 0.6) is 0 Å². The molecule has 0 N–H and O–H groups in total. The van der Waals surface area contributed by atoms with Crippen molar-refractivity contribution >= 4 is 5.91 Å². The van der Waals surface area contributed by atoms with Gasteiger partial charge in [-0.15, -0.1) is 0 Å². The van der Waals surface area contributed by atoms with E-state index in [4.69, 9.17) is 0 Å². The highest BCUT2D eigenvalue weighted by atomic mass is 16.2. The molecule has 0 unspecified atom stereocenters.